The molecule has 1 heterocycles. The number of halogens is 2. The third-order valence-corrected chi connectivity index (χ3v) is 5.31. The third-order valence-electron chi connectivity index (χ3n) is 3.59. The van der Waals surface area contributed by atoms with Crippen LogP contribution in [0, 0.1) is 0 Å². The van der Waals surface area contributed by atoms with Crippen molar-refractivity contribution in [2.24, 2.45) is 5.73 Å². The lowest BCUT2D eigenvalue weighted by Crippen LogP contribution is -2.29. The predicted molar refractivity (Wildman–Crippen MR) is 98.8 cm³/mol. The number of hydrogen-bond acceptors (Lipinski definition) is 2. The smallest absolute Gasteiger partial charge is 0.399 e. The van der Waals surface area contributed by atoms with Gasteiger partial charge in [0.05, 0.1) is 4.87 Å². The van der Waals surface area contributed by atoms with Gasteiger partial charge in [0, 0.05) is 27.3 Å². The van der Waals surface area contributed by atoms with Crippen molar-refractivity contribution in [1.29, 1.82) is 0 Å². The number of hydrogen-bond donors (Lipinski definition) is 5. The minimum absolute atomic E-state index is 0.0148. The number of nitrogens with one attached hydrogen (secondary N) is 1. The van der Waals surface area contributed by atoms with Crippen molar-refractivity contribution in [1.82, 2.24) is 4.98 Å². The van der Waals surface area contributed by atoms with Crippen LogP contribution in [-0.2, 0) is 4.57 Å². The van der Waals surface area contributed by atoms with E-state index in [-0.39, 0.29) is 5.92 Å². The van der Waals surface area contributed by atoms with Gasteiger partial charge in [-0.05, 0) is 30.5 Å². The Kier molecular flexibility index (Phi) is 5.64. The molecule has 1 aromatic carbocycles. The highest BCUT2D eigenvalue weighted by atomic mass is 79.9. The molecule has 3 rings (SSSR count). The Bertz CT molecular complexity index is 815. The maximum atomic E-state index is 8.88. The Balaban J connectivity index is 0.000000368. The first-order chi connectivity index (χ1) is 11.0. The molecule has 6 nitrogen and oxygen atoms in total. The minimum atomic E-state index is -4.64. The van der Waals surface area contributed by atoms with E-state index in [1.54, 1.807) is 0 Å². The lowest BCUT2D eigenvalue weighted by atomic mass is 9.85. The van der Waals surface area contributed by atoms with Crippen molar-refractivity contribution >= 4 is 46.3 Å². The summed E-state index contributed by atoms with van der Waals surface area (Å²) >= 11 is 10.2. The van der Waals surface area contributed by atoms with E-state index in [0.717, 1.165) is 21.4 Å². The van der Waals surface area contributed by atoms with Crippen LogP contribution >= 0.6 is 35.4 Å². The third kappa shape index (κ3) is 4.72. The molecule has 0 bridgehead atoms. The van der Waals surface area contributed by atoms with E-state index in [0.29, 0.717) is 0 Å². The van der Waals surface area contributed by atoms with E-state index >= 15 is 0 Å². The number of allylic oxidation sites excluding steroid dienone is 3. The summed E-state index contributed by atoms with van der Waals surface area (Å²) in [6, 6.07) is 10.3. The number of benzene rings is 1. The maximum absolute atomic E-state index is 8.88. The van der Waals surface area contributed by atoms with E-state index in [9.17, 15) is 0 Å². The van der Waals surface area contributed by atoms with Crippen LogP contribution < -0.4 is 5.73 Å². The summed E-state index contributed by atoms with van der Waals surface area (Å²) in [6.45, 7) is 1.99. The molecule has 2 atom stereocenters. The van der Waals surface area contributed by atoms with Crippen molar-refractivity contribution in [2.75, 3.05) is 0 Å². The number of H-pyrrole nitrogens is 1. The summed E-state index contributed by atoms with van der Waals surface area (Å²) in [4.78, 5) is 24.5. The van der Waals surface area contributed by atoms with E-state index in [1.165, 1.54) is 5.39 Å². The fraction of sp³-hybridized carbons (Fsp3) is 0.200. The molecule has 24 heavy (non-hydrogen) atoms. The van der Waals surface area contributed by atoms with Gasteiger partial charge in [-0.25, -0.2) is 4.57 Å². The Morgan fingerprint density at radius 3 is 2.50 bits per heavy atom. The van der Waals surface area contributed by atoms with Gasteiger partial charge in [0.15, 0.2) is 0 Å². The van der Waals surface area contributed by atoms with Crippen molar-refractivity contribution in [3.05, 3.63) is 58.4 Å². The van der Waals surface area contributed by atoms with Crippen LogP contribution in [-0.4, -0.2) is 24.5 Å². The molecule has 6 N–H and O–H groups in total. The molecule has 0 amide bonds. The van der Waals surface area contributed by atoms with Crippen LogP contribution in [0.5, 0.6) is 0 Å². The van der Waals surface area contributed by atoms with Gasteiger partial charge >= 0.3 is 7.82 Å². The molecule has 0 spiro atoms. The standard InChI is InChI=1S/C15H14BrClN2.H3O4P/c1-15(17)11(7-10(18)8-14(15)16)13-6-9-4-2-3-5-12(9)19-13;1-5(2,3)4/h2-8,11,19H,18H2,1H3;(H3,1,2,3,4). The molecule has 0 aliphatic heterocycles. The van der Waals surface area contributed by atoms with Crippen molar-refractivity contribution in [3.63, 3.8) is 0 Å². The normalized spacial score (nSPS) is 24.0. The monoisotopic (exact) mass is 434 g/mol. The van der Waals surface area contributed by atoms with E-state index < -0.39 is 12.7 Å². The van der Waals surface area contributed by atoms with E-state index in [1.807, 2.05) is 31.2 Å². The SMILES string of the molecule is CC1(Cl)C(Br)=CC(N)=CC1c1cc2ccccc2[nH]1.O=P(O)(O)O. The lowest BCUT2D eigenvalue weighted by molar-refractivity contribution is 0.275. The fourth-order valence-electron chi connectivity index (χ4n) is 2.48. The zero-order chi connectivity index (χ0) is 18.1. The average Bonchev–Trinajstić information content (AvgIpc) is 2.84. The number of phosphoric acid groups is 1. The average molecular weight is 436 g/mol. The van der Waals surface area contributed by atoms with Crippen molar-refractivity contribution < 1.29 is 19.2 Å². The second-order valence-corrected chi connectivity index (χ2v) is 8.20. The Hall–Kier alpha value is -1.08. The van der Waals surface area contributed by atoms with Crippen LogP contribution in [0.4, 0.5) is 0 Å². The summed E-state index contributed by atoms with van der Waals surface area (Å²) in [7, 11) is -4.64. The number of rotatable bonds is 1. The Morgan fingerprint density at radius 2 is 1.92 bits per heavy atom. The Morgan fingerprint density at radius 1 is 1.33 bits per heavy atom. The van der Waals surface area contributed by atoms with Crippen LogP contribution in [0.25, 0.3) is 10.9 Å². The number of nitrogens with two attached hydrogens (primary N) is 1. The summed E-state index contributed by atoms with van der Waals surface area (Å²) in [5.74, 6) is 0.0148. The van der Waals surface area contributed by atoms with Gasteiger partial charge in [0.2, 0.25) is 0 Å². The molecular formula is C15H17BrClN2O4P. The largest absolute Gasteiger partial charge is 0.466 e. The first-order valence-corrected chi connectivity index (χ1v) is 9.62. The number of aromatic nitrogens is 1. The van der Waals surface area contributed by atoms with Crippen molar-refractivity contribution in [2.45, 2.75) is 17.7 Å². The van der Waals surface area contributed by atoms with Crippen LogP contribution in [0.15, 0.2) is 52.7 Å². The minimum Gasteiger partial charge on any atom is -0.399 e. The highest BCUT2D eigenvalue weighted by Gasteiger charge is 2.38. The predicted octanol–water partition coefficient (Wildman–Crippen LogP) is 3.46. The van der Waals surface area contributed by atoms with Gasteiger partial charge in [-0.3, -0.25) is 0 Å². The number of aromatic amines is 1. The summed E-state index contributed by atoms with van der Waals surface area (Å²) in [6.07, 6.45) is 3.87. The van der Waals surface area contributed by atoms with Crippen LogP contribution in [0.1, 0.15) is 18.5 Å². The highest BCUT2D eigenvalue weighted by molar-refractivity contribution is 9.11. The van der Waals surface area contributed by atoms with Crippen molar-refractivity contribution in [3.8, 4) is 0 Å². The first kappa shape index (κ1) is 19.2. The molecule has 0 radical (unpaired) electrons. The van der Waals surface area contributed by atoms with E-state index in [2.05, 4.69) is 39.1 Å². The molecular weight excluding hydrogens is 419 g/mol. The molecule has 0 saturated carbocycles. The molecule has 0 saturated heterocycles. The topological polar surface area (TPSA) is 120 Å². The molecule has 0 fully saturated rings. The van der Waals surface area contributed by atoms with Crippen LogP contribution in [0.2, 0.25) is 0 Å². The van der Waals surface area contributed by atoms with Crippen LogP contribution in [0.3, 0.4) is 0 Å². The van der Waals surface area contributed by atoms with Gasteiger partial charge in [0.1, 0.15) is 0 Å². The first-order valence-electron chi connectivity index (χ1n) is 6.88. The van der Waals surface area contributed by atoms with Gasteiger partial charge in [-0.1, -0.05) is 40.2 Å². The quantitative estimate of drug-likeness (QED) is 0.347. The molecule has 1 aliphatic rings. The van der Waals surface area contributed by atoms with Gasteiger partial charge in [-0.15, -0.1) is 11.6 Å². The fourth-order valence-corrected chi connectivity index (χ4v) is 3.22. The number of fused-ring (bicyclic) bond motifs is 1. The van der Waals surface area contributed by atoms with Gasteiger partial charge < -0.3 is 25.4 Å². The summed E-state index contributed by atoms with van der Waals surface area (Å²) in [5, 5.41) is 1.18. The zero-order valence-electron chi connectivity index (χ0n) is 12.6. The Labute approximate surface area is 152 Å². The van der Waals surface area contributed by atoms with E-state index in [4.69, 9.17) is 36.6 Å². The maximum Gasteiger partial charge on any atom is 0.466 e. The van der Waals surface area contributed by atoms with Gasteiger partial charge in [0.25, 0.3) is 0 Å². The molecule has 1 aliphatic carbocycles. The molecule has 2 aromatic rings. The summed E-state index contributed by atoms with van der Waals surface area (Å²) in [5.41, 5.74) is 8.87. The second-order valence-electron chi connectivity index (χ2n) is 5.54. The zero-order valence-corrected chi connectivity index (χ0v) is 15.9. The molecule has 130 valence electrons. The van der Waals surface area contributed by atoms with Gasteiger partial charge in [-0.2, -0.15) is 0 Å². The lowest BCUT2D eigenvalue weighted by Gasteiger charge is -2.32. The highest BCUT2D eigenvalue weighted by Crippen LogP contribution is 2.46. The number of alkyl halides is 1. The number of para-hydroxylation sites is 1. The summed E-state index contributed by atoms with van der Waals surface area (Å²) < 4.78 is 9.79. The molecule has 1 aromatic heterocycles. The molecule has 2 unspecified atom stereocenters. The molecule has 9 heteroatoms. The second kappa shape index (κ2) is 7.04.